The first kappa shape index (κ1) is 15.9. The molecule has 2 aromatic rings. The number of guanidine groups is 2. The number of halogens is 1. The van der Waals surface area contributed by atoms with Crippen molar-refractivity contribution in [1.29, 1.82) is 0 Å². The molecule has 0 aliphatic heterocycles. The first-order chi connectivity index (χ1) is 10.6. The average molecular weight is 316 g/mol. The first-order valence-corrected chi connectivity index (χ1v) is 7.10. The van der Waals surface area contributed by atoms with Crippen molar-refractivity contribution in [1.82, 2.24) is 0 Å². The van der Waals surface area contributed by atoms with Crippen molar-refractivity contribution >= 4 is 34.9 Å². The van der Waals surface area contributed by atoms with Crippen LogP contribution in [0.5, 0.6) is 0 Å². The molecule has 6 heteroatoms. The summed E-state index contributed by atoms with van der Waals surface area (Å²) in [6, 6.07) is 17.0. The number of nitrogens with one attached hydrogen (secondary N) is 1. The van der Waals surface area contributed by atoms with E-state index in [4.69, 9.17) is 17.3 Å². The van der Waals surface area contributed by atoms with Crippen LogP contribution in [0.3, 0.4) is 0 Å². The van der Waals surface area contributed by atoms with E-state index >= 15 is 0 Å². The van der Waals surface area contributed by atoms with Gasteiger partial charge in [0.05, 0.1) is 0 Å². The summed E-state index contributed by atoms with van der Waals surface area (Å²) in [6.07, 6.45) is 0. The molecular formula is C16H18ClN5. The van der Waals surface area contributed by atoms with Crippen molar-refractivity contribution in [2.24, 2.45) is 15.7 Å². The zero-order chi connectivity index (χ0) is 15.9. The lowest BCUT2D eigenvalue weighted by Gasteiger charge is -2.18. The number of hydrogen-bond acceptors (Lipinski definition) is 1. The monoisotopic (exact) mass is 315 g/mol. The smallest absolute Gasteiger partial charge is 0.225 e. The second-order valence-electron chi connectivity index (χ2n) is 4.54. The summed E-state index contributed by atoms with van der Waals surface area (Å²) >= 11 is 5.86. The highest BCUT2D eigenvalue weighted by molar-refractivity contribution is 6.30. The summed E-state index contributed by atoms with van der Waals surface area (Å²) in [6.45, 7) is 0. The SMILES string of the molecule is CN=C(N=C(N)N(C)c1ccccc1)Nc1ccc(Cl)cc1. The van der Waals surface area contributed by atoms with Crippen LogP contribution in [-0.2, 0) is 0 Å². The number of anilines is 2. The normalized spacial score (nSPS) is 12.1. The Morgan fingerprint density at radius 2 is 1.73 bits per heavy atom. The highest BCUT2D eigenvalue weighted by Crippen LogP contribution is 2.14. The molecule has 0 atom stereocenters. The van der Waals surface area contributed by atoms with Gasteiger partial charge in [0.25, 0.3) is 0 Å². The number of aliphatic imine (C=N–C) groups is 2. The van der Waals surface area contributed by atoms with Crippen LogP contribution < -0.4 is 16.0 Å². The average Bonchev–Trinajstić information content (AvgIpc) is 2.56. The van der Waals surface area contributed by atoms with Crippen LogP contribution in [0.25, 0.3) is 0 Å². The topological polar surface area (TPSA) is 66.0 Å². The third-order valence-corrected chi connectivity index (χ3v) is 3.27. The van der Waals surface area contributed by atoms with E-state index in [1.54, 1.807) is 24.1 Å². The van der Waals surface area contributed by atoms with Gasteiger partial charge in [-0.3, -0.25) is 4.99 Å². The van der Waals surface area contributed by atoms with Crippen LogP contribution in [0.4, 0.5) is 11.4 Å². The molecule has 0 unspecified atom stereocenters. The van der Waals surface area contributed by atoms with E-state index in [0.717, 1.165) is 11.4 Å². The Morgan fingerprint density at radius 3 is 2.32 bits per heavy atom. The zero-order valence-electron chi connectivity index (χ0n) is 12.5. The van der Waals surface area contributed by atoms with Crippen molar-refractivity contribution in [3.05, 3.63) is 59.6 Å². The van der Waals surface area contributed by atoms with Gasteiger partial charge in [0.2, 0.25) is 11.9 Å². The molecule has 0 aliphatic carbocycles. The summed E-state index contributed by atoms with van der Waals surface area (Å²) in [7, 11) is 3.50. The minimum Gasteiger partial charge on any atom is -0.369 e. The van der Waals surface area contributed by atoms with Crippen LogP contribution in [0, 0.1) is 0 Å². The van der Waals surface area contributed by atoms with E-state index in [-0.39, 0.29) is 0 Å². The molecule has 0 heterocycles. The van der Waals surface area contributed by atoms with Crippen LogP contribution >= 0.6 is 11.6 Å². The van der Waals surface area contributed by atoms with E-state index in [1.165, 1.54) is 0 Å². The van der Waals surface area contributed by atoms with E-state index in [0.29, 0.717) is 16.9 Å². The van der Waals surface area contributed by atoms with Gasteiger partial charge in [-0.05, 0) is 36.4 Å². The maximum Gasteiger partial charge on any atom is 0.225 e. The highest BCUT2D eigenvalue weighted by Gasteiger charge is 2.06. The molecule has 0 radical (unpaired) electrons. The van der Waals surface area contributed by atoms with Gasteiger partial charge in [0, 0.05) is 30.5 Å². The highest BCUT2D eigenvalue weighted by atomic mass is 35.5. The largest absolute Gasteiger partial charge is 0.369 e. The molecule has 114 valence electrons. The summed E-state index contributed by atoms with van der Waals surface area (Å²) in [5.41, 5.74) is 7.82. The minimum absolute atomic E-state index is 0.341. The van der Waals surface area contributed by atoms with Crippen LogP contribution in [0.1, 0.15) is 0 Å². The first-order valence-electron chi connectivity index (χ1n) is 6.72. The van der Waals surface area contributed by atoms with Crippen LogP contribution in [0.2, 0.25) is 5.02 Å². The lowest BCUT2D eigenvalue weighted by atomic mass is 10.3. The molecule has 0 spiro atoms. The van der Waals surface area contributed by atoms with Crippen LogP contribution in [-0.4, -0.2) is 26.0 Å². The van der Waals surface area contributed by atoms with Crippen molar-refractivity contribution in [2.75, 3.05) is 24.3 Å². The molecule has 0 amide bonds. The number of para-hydroxylation sites is 1. The van der Waals surface area contributed by atoms with Crippen molar-refractivity contribution < 1.29 is 0 Å². The maximum absolute atomic E-state index is 6.04. The fourth-order valence-corrected chi connectivity index (χ4v) is 1.89. The quantitative estimate of drug-likeness (QED) is 0.660. The van der Waals surface area contributed by atoms with E-state index in [9.17, 15) is 0 Å². The van der Waals surface area contributed by atoms with Gasteiger partial charge < -0.3 is 16.0 Å². The molecule has 3 N–H and O–H groups in total. The fourth-order valence-electron chi connectivity index (χ4n) is 1.76. The molecule has 0 bridgehead atoms. The van der Waals surface area contributed by atoms with Gasteiger partial charge in [0.15, 0.2) is 0 Å². The predicted octanol–water partition coefficient (Wildman–Crippen LogP) is 3.19. The van der Waals surface area contributed by atoms with Gasteiger partial charge in [-0.15, -0.1) is 0 Å². The Kier molecular flexibility index (Phi) is 5.38. The van der Waals surface area contributed by atoms with Gasteiger partial charge in [-0.2, -0.15) is 4.99 Å². The molecule has 2 rings (SSSR count). The molecule has 5 nitrogen and oxygen atoms in total. The lowest BCUT2D eigenvalue weighted by Crippen LogP contribution is -2.35. The maximum atomic E-state index is 6.04. The molecule has 0 aliphatic rings. The van der Waals surface area contributed by atoms with Gasteiger partial charge >= 0.3 is 0 Å². The fraction of sp³-hybridized carbons (Fsp3) is 0.125. The molecule has 22 heavy (non-hydrogen) atoms. The number of rotatable bonds is 2. The Labute approximate surface area is 135 Å². The summed E-state index contributed by atoms with van der Waals surface area (Å²) in [4.78, 5) is 10.2. The number of nitrogens with zero attached hydrogens (tertiary/aromatic N) is 3. The number of nitrogens with two attached hydrogens (primary N) is 1. The number of hydrogen-bond donors (Lipinski definition) is 2. The molecule has 2 aromatic carbocycles. The van der Waals surface area contributed by atoms with Gasteiger partial charge in [-0.1, -0.05) is 29.8 Å². The van der Waals surface area contributed by atoms with Crippen molar-refractivity contribution in [2.45, 2.75) is 0 Å². The third-order valence-electron chi connectivity index (χ3n) is 3.02. The lowest BCUT2D eigenvalue weighted by molar-refractivity contribution is 1.22. The van der Waals surface area contributed by atoms with E-state index in [2.05, 4.69) is 15.3 Å². The Balaban J connectivity index is 2.12. The standard InChI is InChI=1S/C16H18ClN5/c1-19-16(20-13-10-8-12(17)9-11-13)21-15(18)22(2)14-6-4-3-5-7-14/h3-11H,1-2H3,(H3,18,19,20,21). The van der Waals surface area contributed by atoms with Gasteiger partial charge in [0.1, 0.15) is 0 Å². The zero-order valence-corrected chi connectivity index (χ0v) is 13.2. The molecular weight excluding hydrogens is 298 g/mol. The Bertz CT molecular complexity index is 665. The summed E-state index contributed by atoms with van der Waals surface area (Å²) in [5, 5.41) is 3.76. The van der Waals surface area contributed by atoms with Gasteiger partial charge in [-0.25, -0.2) is 0 Å². The van der Waals surface area contributed by atoms with Crippen molar-refractivity contribution in [3.8, 4) is 0 Å². The predicted molar refractivity (Wildman–Crippen MR) is 94.9 cm³/mol. The Hall–Kier alpha value is -2.53. The van der Waals surface area contributed by atoms with Crippen LogP contribution in [0.15, 0.2) is 64.6 Å². The summed E-state index contributed by atoms with van der Waals surface area (Å²) in [5.74, 6) is 0.760. The van der Waals surface area contributed by atoms with Crippen molar-refractivity contribution in [3.63, 3.8) is 0 Å². The van der Waals surface area contributed by atoms with E-state index in [1.807, 2.05) is 49.5 Å². The third kappa shape index (κ3) is 4.23. The second kappa shape index (κ2) is 7.47. The minimum atomic E-state index is 0.341. The summed E-state index contributed by atoms with van der Waals surface area (Å²) < 4.78 is 0. The number of benzene rings is 2. The van der Waals surface area contributed by atoms with E-state index < -0.39 is 0 Å². The Morgan fingerprint density at radius 1 is 1.09 bits per heavy atom. The molecule has 0 saturated carbocycles. The molecule has 0 aromatic heterocycles. The molecule has 0 saturated heterocycles. The second-order valence-corrected chi connectivity index (χ2v) is 4.98. The molecule has 0 fully saturated rings.